The van der Waals surface area contributed by atoms with Crippen LogP contribution in [0.25, 0.3) is 0 Å². The first-order chi connectivity index (χ1) is 8.04. The summed E-state index contributed by atoms with van der Waals surface area (Å²) in [7, 11) is 0. The van der Waals surface area contributed by atoms with Crippen LogP contribution >= 0.6 is 15.9 Å². The minimum absolute atomic E-state index is 0.500. The van der Waals surface area contributed by atoms with Crippen molar-refractivity contribution in [1.29, 1.82) is 0 Å². The Bertz CT molecular complexity index is 350. The molecule has 1 rings (SSSR count). The molecule has 1 aromatic rings. The van der Waals surface area contributed by atoms with E-state index >= 15 is 0 Å². The van der Waals surface area contributed by atoms with Gasteiger partial charge in [-0.1, -0.05) is 42.3 Å². The normalized spacial score (nSPS) is 14.4. The highest BCUT2D eigenvalue weighted by molar-refractivity contribution is 9.10. The molecule has 96 valence electrons. The van der Waals surface area contributed by atoms with E-state index in [2.05, 4.69) is 29.8 Å². The van der Waals surface area contributed by atoms with Crippen molar-refractivity contribution in [2.45, 2.75) is 39.7 Å². The third kappa shape index (κ3) is 4.68. The topological polar surface area (TPSA) is 29.5 Å². The Morgan fingerprint density at radius 3 is 2.65 bits per heavy atom. The molecule has 0 aliphatic rings. The zero-order valence-electron chi connectivity index (χ0n) is 10.7. The number of rotatable bonds is 6. The summed E-state index contributed by atoms with van der Waals surface area (Å²) in [5.74, 6) is 1.32. The lowest BCUT2D eigenvalue weighted by atomic mass is 10.1. The maximum absolute atomic E-state index is 9.67. The van der Waals surface area contributed by atoms with E-state index in [0.717, 1.165) is 22.2 Å². The predicted molar refractivity (Wildman–Crippen MR) is 74.3 cm³/mol. The van der Waals surface area contributed by atoms with Crippen molar-refractivity contribution in [3.63, 3.8) is 0 Å². The molecule has 0 saturated heterocycles. The number of benzene rings is 1. The van der Waals surface area contributed by atoms with E-state index in [4.69, 9.17) is 4.74 Å². The average molecular weight is 301 g/mol. The molecule has 2 atom stereocenters. The van der Waals surface area contributed by atoms with Gasteiger partial charge in [0.15, 0.2) is 0 Å². The Labute approximate surface area is 112 Å². The summed E-state index contributed by atoms with van der Waals surface area (Å²) < 4.78 is 6.78. The fourth-order valence-corrected chi connectivity index (χ4v) is 2.13. The van der Waals surface area contributed by atoms with Crippen LogP contribution in [0, 0.1) is 5.92 Å². The Morgan fingerprint density at radius 2 is 2.06 bits per heavy atom. The van der Waals surface area contributed by atoms with Gasteiger partial charge >= 0.3 is 0 Å². The molecule has 0 aliphatic carbocycles. The van der Waals surface area contributed by atoms with E-state index in [9.17, 15) is 5.11 Å². The first-order valence-corrected chi connectivity index (χ1v) is 6.94. The van der Waals surface area contributed by atoms with Gasteiger partial charge in [-0.15, -0.1) is 0 Å². The van der Waals surface area contributed by atoms with Gasteiger partial charge in [-0.05, 0) is 31.4 Å². The van der Waals surface area contributed by atoms with Crippen LogP contribution in [0.15, 0.2) is 22.7 Å². The molecule has 0 aliphatic heterocycles. The van der Waals surface area contributed by atoms with Crippen molar-refractivity contribution in [2.24, 2.45) is 5.92 Å². The molecule has 0 saturated carbocycles. The molecule has 1 N–H and O–H groups in total. The summed E-state index contributed by atoms with van der Waals surface area (Å²) in [6.07, 6.45) is 1.84. The first-order valence-electron chi connectivity index (χ1n) is 6.14. The van der Waals surface area contributed by atoms with Gasteiger partial charge in [0.2, 0.25) is 0 Å². The minimum atomic E-state index is -0.500. The van der Waals surface area contributed by atoms with Crippen LogP contribution in [0.5, 0.6) is 5.75 Å². The van der Waals surface area contributed by atoms with Crippen molar-refractivity contribution < 1.29 is 9.84 Å². The molecular weight excluding hydrogens is 280 g/mol. The molecule has 1 aromatic carbocycles. The first kappa shape index (κ1) is 14.5. The quantitative estimate of drug-likeness (QED) is 0.848. The van der Waals surface area contributed by atoms with E-state index in [1.807, 2.05) is 18.2 Å². The monoisotopic (exact) mass is 300 g/mol. The largest absolute Gasteiger partial charge is 0.493 e. The maximum Gasteiger partial charge on any atom is 0.126 e. The number of aliphatic hydroxyl groups excluding tert-OH is 1. The number of hydrogen-bond acceptors (Lipinski definition) is 2. The smallest absolute Gasteiger partial charge is 0.126 e. The van der Waals surface area contributed by atoms with Crippen molar-refractivity contribution in [2.75, 3.05) is 6.61 Å². The van der Waals surface area contributed by atoms with E-state index in [-0.39, 0.29) is 0 Å². The molecule has 0 bridgehead atoms. The van der Waals surface area contributed by atoms with Crippen LogP contribution in [-0.2, 0) is 0 Å². The lowest BCUT2D eigenvalue weighted by Crippen LogP contribution is -2.10. The highest BCUT2D eigenvalue weighted by Crippen LogP contribution is 2.29. The molecule has 0 fully saturated rings. The van der Waals surface area contributed by atoms with Gasteiger partial charge in [0.25, 0.3) is 0 Å². The SMILES string of the molecule is CCCC(C)COc1cc(Br)ccc1[C@H](C)O. The fraction of sp³-hybridized carbons (Fsp3) is 0.571. The van der Waals surface area contributed by atoms with Crippen molar-refractivity contribution in [3.8, 4) is 5.75 Å². The molecule has 17 heavy (non-hydrogen) atoms. The molecule has 0 radical (unpaired) electrons. The number of aliphatic hydroxyl groups is 1. The zero-order valence-corrected chi connectivity index (χ0v) is 12.3. The van der Waals surface area contributed by atoms with Gasteiger partial charge in [0.1, 0.15) is 5.75 Å². The van der Waals surface area contributed by atoms with E-state index in [1.165, 1.54) is 6.42 Å². The highest BCUT2D eigenvalue weighted by Gasteiger charge is 2.11. The number of hydrogen-bond donors (Lipinski definition) is 1. The van der Waals surface area contributed by atoms with E-state index in [0.29, 0.717) is 12.5 Å². The van der Waals surface area contributed by atoms with E-state index < -0.39 is 6.10 Å². The standard InChI is InChI=1S/C14H21BrO2/c1-4-5-10(2)9-17-14-8-12(15)6-7-13(14)11(3)16/h6-8,10-11,16H,4-5,9H2,1-3H3/t10?,11-/m0/s1. The summed E-state index contributed by atoms with van der Waals surface area (Å²) >= 11 is 3.42. The van der Waals surface area contributed by atoms with Gasteiger partial charge in [-0.2, -0.15) is 0 Å². The number of halogens is 1. The van der Waals surface area contributed by atoms with Crippen LogP contribution in [-0.4, -0.2) is 11.7 Å². The predicted octanol–water partition coefficient (Wildman–Crippen LogP) is 4.32. The maximum atomic E-state index is 9.67. The summed E-state index contributed by atoms with van der Waals surface area (Å²) in [5.41, 5.74) is 0.844. The van der Waals surface area contributed by atoms with Gasteiger partial charge < -0.3 is 9.84 Å². The van der Waals surface area contributed by atoms with Gasteiger partial charge in [-0.25, -0.2) is 0 Å². The zero-order chi connectivity index (χ0) is 12.8. The highest BCUT2D eigenvalue weighted by atomic mass is 79.9. The molecule has 0 heterocycles. The van der Waals surface area contributed by atoms with Crippen molar-refractivity contribution >= 4 is 15.9 Å². The second-order valence-corrected chi connectivity index (χ2v) is 5.48. The van der Waals surface area contributed by atoms with Crippen LogP contribution in [0.4, 0.5) is 0 Å². The fourth-order valence-electron chi connectivity index (χ4n) is 1.79. The lowest BCUT2D eigenvalue weighted by Gasteiger charge is -2.16. The number of ether oxygens (including phenoxy) is 1. The lowest BCUT2D eigenvalue weighted by molar-refractivity contribution is 0.186. The van der Waals surface area contributed by atoms with Crippen LogP contribution in [0.3, 0.4) is 0 Å². The second-order valence-electron chi connectivity index (χ2n) is 4.56. The molecule has 0 amide bonds. The summed E-state index contributed by atoms with van der Waals surface area (Å²) in [5, 5.41) is 9.67. The third-order valence-corrected chi connectivity index (χ3v) is 3.22. The Balaban J connectivity index is 2.71. The minimum Gasteiger partial charge on any atom is -0.493 e. The van der Waals surface area contributed by atoms with E-state index in [1.54, 1.807) is 6.92 Å². The molecule has 1 unspecified atom stereocenters. The summed E-state index contributed by atoms with van der Waals surface area (Å²) in [4.78, 5) is 0. The average Bonchev–Trinajstić information content (AvgIpc) is 2.26. The van der Waals surface area contributed by atoms with Crippen LogP contribution in [0.1, 0.15) is 45.3 Å². The van der Waals surface area contributed by atoms with Gasteiger partial charge in [0, 0.05) is 10.0 Å². The third-order valence-electron chi connectivity index (χ3n) is 2.73. The van der Waals surface area contributed by atoms with Crippen molar-refractivity contribution in [3.05, 3.63) is 28.2 Å². The van der Waals surface area contributed by atoms with Crippen molar-refractivity contribution in [1.82, 2.24) is 0 Å². The van der Waals surface area contributed by atoms with Gasteiger partial charge in [0.05, 0.1) is 12.7 Å². The summed E-state index contributed by atoms with van der Waals surface area (Å²) in [6, 6.07) is 5.74. The Kier molecular flexibility index (Phi) is 6.00. The second kappa shape index (κ2) is 7.02. The molecule has 0 aromatic heterocycles. The molecular formula is C14H21BrO2. The molecule has 2 nitrogen and oxygen atoms in total. The summed E-state index contributed by atoms with van der Waals surface area (Å²) in [6.45, 7) is 6.82. The van der Waals surface area contributed by atoms with Crippen LogP contribution < -0.4 is 4.74 Å². The Morgan fingerprint density at radius 1 is 1.35 bits per heavy atom. The Hall–Kier alpha value is -0.540. The molecule has 0 spiro atoms. The van der Waals surface area contributed by atoms with Crippen LogP contribution in [0.2, 0.25) is 0 Å². The molecule has 3 heteroatoms. The van der Waals surface area contributed by atoms with Gasteiger partial charge in [-0.3, -0.25) is 0 Å².